The Bertz CT molecular complexity index is 337. The van der Waals surface area contributed by atoms with Gasteiger partial charge in [-0.2, -0.15) is 26.3 Å². The van der Waals surface area contributed by atoms with Crippen molar-refractivity contribution in [2.24, 2.45) is 16.8 Å². The topological polar surface area (TPSA) is 87.7 Å². The third kappa shape index (κ3) is 4.83. The predicted octanol–water partition coefficient (Wildman–Crippen LogP) is 1.37. The Labute approximate surface area is 103 Å². The minimum Gasteiger partial charge on any atom is -0.409 e. The SMILES string of the molecule is CCC(NC(=O)C(C(F)(F)F)C(F)(F)F)C(N)=NO. The van der Waals surface area contributed by atoms with Crippen molar-refractivity contribution in [3.8, 4) is 0 Å². The van der Waals surface area contributed by atoms with Crippen molar-refractivity contribution < 1.29 is 36.3 Å². The smallest absolute Gasteiger partial charge is 0.409 e. The van der Waals surface area contributed by atoms with Gasteiger partial charge in [-0.05, 0) is 6.42 Å². The molecule has 0 aliphatic rings. The van der Waals surface area contributed by atoms with Crippen LogP contribution in [0.25, 0.3) is 0 Å². The second kappa shape index (κ2) is 5.97. The Balaban J connectivity index is 5.15. The van der Waals surface area contributed by atoms with E-state index in [1.54, 1.807) is 0 Å². The van der Waals surface area contributed by atoms with Crippen LogP contribution in [0.3, 0.4) is 0 Å². The summed E-state index contributed by atoms with van der Waals surface area (Å²) in [5, 5.41) is 12.1. The number of hydrogen-bond donors (Lipinski definition) is 3. The molecule has 1 atom stereocenters. The number of amidine groups is 1. The average Bonchev–Trinajstić information content (AvgIpc) is 2.20. The Morgan fingerprint density at radius 3 is 1.95 bits per heavy atom. The molecule has 1 amide bonds. The zero-order valence-corrected chi connectivity index (χ0v) is 9.51. The molecule has 11 heteroatoms. The van der Waals surface area contributed by atoms with Crippen LogP contribution >= 0.6 is 0 Å². The van der Waals surface area contributed by atoms with E-state index in [1.807, 2.05) is 0 Å². The van der Waals surface area contributed by atoms with Gasteiger partial charge in [0.2, 0.25) is 11.8 Å². The average molecular weight is 295 g/mol. The number of alkyl halides is 6. The van der Waals surface area contributed by atoms with Crippen molar-refractivity contribution in [1.29, 1.82) is 0 Å². The number of carbonyl (C=O) groups is 1. The van der Waals surface area contributed by atoms with Gasteiger partial charge < -0.3 is 16.3 Å². The van der Waals surface area contributed by atoms with Gasteiger partial charge >= 0.3 is 12.4 Å². The largest absolute Gasteiger partial charge is 0.409 e. The molecule has 0 bridgehead atoms. The van der Waals surface area contributed by atoms with Gasteiger partial charge in [0.15, 0.2) is 5.84 Å². The lowest BCUT2D eigenvalue weighted by Crippen LogP contribution is -2.53. The van der Waals surface area contributed by atoms with Gasteiger partial charge in [0.25, 0.3) is 0 Å². The van der Waals surface area contributed by atoms with E-state index in [-0.39, 0.29) is 6.42 Å². The van der Waals surface area contributed by atoms with Gasteiger partial charge in [-0.15, -0.1) is 0 Å². The van der Waals surface area contributed by atoms with Crippen LogP contribution in [-0.4, -0.2) is 35.3 Å². The minimum atomic E-state index is -5.79. The summed E-state index contributed by atoms with van der Waals surface area (Å²) < 4.78 is 73.3. The van der Waals surface area contributed by atoms with E-state index in [1.165, 1.54) is 12.2 Å². The molecule has 0 aliphatic carbocycles. The first-order valence-corrected chi connectivity index (χ1v) is 4.86. The van der Waals surface area contributed by atoms with E-state index in [0.717, 1.165) is 0 Å². The maximum absolute atomic E-state index is 12.2. The van der Waals surface area contributed by atoms with Crippen LogP contribution in [0.15, 0.2) is 5.16 Å². The zero-order valence-electron chi connectivity index (χ0n) is 9.51. The molecule has 4 N–H and O–H groups in total. The van der Waals surface area contributed by atoms with Crippen LogP contribution in [0, 0.1) is 5.92 Å². The molecule has 112 valence electrons. The third-order valence-electron chi connectivity index (χ3n) is 2.11. The van der Waals surface area contributed by atoms with E-state index in [9.17, 15) is 31.1 Å². The summed E-state index contributed by atoms with van der Waals surface area (Å²) in [6.07, 6.45) is -11.7. The maximum Gasteiger partial charge on any atom is 0.409 e. The number of carbonyl (C=O) groups excluding carboxylic acids is 1. The number of nitrogens with zero attached hydrogens (tertiary/aromatic N) is 1. The standard InChI is InChI=1S/C8H11F6N3O2/c1-2-3(5(15)17-19)16-6(18)4(7(9,10)11)8(12,13)14/h3-4,19H,2H2,1H3,(H2,15,17)(H,16,18). The second-order valence-corrected chi connectivity index (χ2v) is 3.51. The Hall–Kier alpha value is -1.68. The summed E-state index contributed by atoms with van der Waals surface area (Å²) in [5.41, 5.74) is 5.02. The molecule has 0 spiro atoms. The number of oxime groups is 1. The van der Waals surface area contributed by atoms with Gasteiger partial charge in [-0.1, -0.05) is 12.1 Å². The van der Waals surface area contributed by atoms with Crippen molar-refractivity contribution in [3.05, 3.63) is 0 Å². The molecule has 0 heterocycles. The summed E-state index contributed by atoms with van der Waals surface area (Å²) in [5.74, 6) is -7.17. The van der Waals surface area contributed by atoms with Crippen LogP contribution in [0.4, 0.5) is 26.3 Å². The van der Waals surface area contributed by atoms with Crippen molar-refractivity contribution in [2.45, 2.75) is 31.7 Å². The Kier molecular flexibility index (Phi) is 5.45. The van der Waals surface area contributed by atoms with Crippen molar-refractivity contribution in [2.75, 3.05) is 0 Å². The number of nitrogens with two attached hydrogens (primary N) is 1. The molecular formula is C8H11F6N3O2. The molecule has 0 radical (unpaired) electrons. The molecule has 0 rings (SSSR count). The summed E-state index contributed by atoms with van der Waals surface area (Å²) in [6, 6.07) is -1.43. The number of rotatable bonds is 4. The summed E-state index contributed by atoms with van der Waals surface area (Å²) >= 11 is 0. The van der Waals surface area contributed by atoms with Crippen LogP contribution in [0.1, 0.15) is 13.3 Å². The summed E-state index contributed by atoms with van der Waals surface area (Å²) in [6.45, 7) is 1.32. The fourth-order valence-electron chi connectivity index (χ4n) is 1.19. The molecule has 0 aromatic carbocycles. The highest BCUT2D eigenvalue weighted by Gasteiger charge is 2.61. The normalized spacial score (nSPS) is 15.5. The fraction of sp³-hybridized carbons (Fsp3) is 0.750. The lowest BCUT2D eigenvalue weighted by molar-refractivity contribution is -0.274. The van der Waals surface area contributed by atoms with Crippen LogP contribution < -0.4 is 11.1 Å². The van der Waals surface area contributed by atoms with Gasteiger partial charge in [0, 0.05) is 0 Å². The molecule has 0 saturated carbocycles. The summed E-state index contributed by atoms with van der Waals surface area (Å²) in [7, 11) is 0. The zero-order chi connectivity index (χ0) is 15.4. The van der Waals surface area contributed by atoms with Gasteiger partial charge in [-0.3, -0.25) is 4.79 Å². The number of amides is 1. The maximum atomic E-state index is 12.2. The molecule has 0 saturated heterocycles. The highest BCUT2D eigenvalue weighted by atomic mass is 19.4. The molecule has 0 fully saturated rings. The minimum absolute atomic E-state index is 0.149. The molecule has 0 aliphatic heterocycles. The number of halogens is 6. The number of hydrogen-bond acceptors (Lipinski definition) is 3. The highest BCUT2D eigenvalue weighted by molar-refractivity contribution is 5.90. The predicted molar refractivity (Wildman–Crippen MR) is 51.2 cm³/mol. The van der Waals surface area contributed by atoms with E-state index in [2.05, 4.69) is 5.16 Å². The molecule has 19 heavy (non-hydrogen) atoms. The van der Waals surface area contributed by atoms with Gasteiger partial charge in [-0.25, -0.2) is 0 Å². The van der Waals surface area contributed by atoms with Gasteiger partial charge in [0.1, 0.15) is 0 Å². The van der Waals surface area contributed by atoms with Crippen molar-refractivity contribution >= 4 is 11.7 Å². The third-order valence-corrected chi connectivity index (χ3v) is 2.11. The second-order valence-electron chi connectivity index (χ2n) is 3.51. The van der Waals surface area contributed by atoms with Crippen LogP contribution in [-0.2, 0) is 4.79 Å². The quantitative estimate of drug-likeness (QED) is 0.241. The van der Waals surface area contributed by atoms with Crippen molar-refractivity contribution in [1.82, 2.24) is 5.32 Å². The fourth-order valence-corrected chi connectivity index (χ4v) is 1.19. The van der Waals surface area contributed by atoms with Crippen LogP contribution in [0.2, 0.25) is 0 Å². The molecular weight excluding hydrogens is 284 g/mol. The first-order chi connectivity index (χ1) is 8.45. The lowest BCUT2D eigenvalue weighted by atomic mass is 10.1. The van der Waals surface area contributed by atoms with E-state index in [0.29, 0.717) is 0 Å². The monoisotopic (exact) mass is 295 g/mol. The Morgan fingerprint density at radius 2 is 1.68 bits per heavy atom. The van der Waals surface area contributed by atoms with Crippen molar-refractivity contribution in [3.63, 3.8) is 0 Å². The Morgan fingerprint density at radius 1 is 1.26 bits per heavy atom. The molecule has 0 aromatic rings. The number of nitrogens with one attached hydrogen (secondary N) is 1. The first kappa shape index (κ1) is 17.3. The highest BCUT2D eigenvalue weighted by Crippen LogP contribution is 2.39. The van der Waals surface area contributed by atoms with Crippen LogP contribution in [0.5, 0.6) is 0 Å². The molecule has 1 unspecified atom stereocenters. The molecule has 5 nitrogen and oxygen atoms in total. The van der Waals surface area contributed by atoms with E-state index >= 15 is 0 Å². The molecule has 0 aromatic heterocycles. The summed E-state index contributed by atoms with van der Waals surface area (Å²) in [4.78, 5) is 11.1. The van der Waals surface area contributed by atoms with E-state index < -0.39 is 36.1 Å². The lowest BCUT2D eigenvalue weighted by Gasteiger charge is -2.24. The first-order valence-electron chi connectivity index (χ1n) is 4.86. The van der Waals surface area contributed by atoms with Gasteiger partial charge in [0.05, 0.1) is 6.04 Å². The van der Waals surface area contributed by atoms with E-state index in [4.69, 9.17) is 10.9 Å².